The molecule has 0 spiro atoms. The molecule has 0 aliphatic rings. The van der Waals surface area contributed by atoms with E-state index >= 15 is 0 Å². The fourth-order valence-electron chi connectivity index (χ4n) is 2.39. The molecule has 0 aliphatic heterocycles. The Balaban J connectivity index is 2.26. The molecule has 0 fully saturated rings. The molecular weight excluding hydrogens is 253 g/mol. The van der Waals surface area contributed by atoms with Crippen LogP contribution in [-0.2, 0) is 6.42 Å². The van der Waals surface area contributed by atoms with Crippen molar-refractivity contribution in [2.45, 2.75) is 19.4 Å². The number of hydrogen-bond acceptors (Lipinski definition) is 2. The molecule has 20 heavy (non-hydrogen) atoms. The van der Waals surface area contributed by atoms with Gasteiger partial charge in [0.05, 0.1) is 7.11 Å². The molecule has 1 unspecified atom stereocenters. The van der Waals surface area contributed by atoms with E-state index in [4.69, 9.17) is 4.74 Å². The number of likely N-dealkylation sites (N-methyl/N-ethyl adjacent to an activating group) is 1. The van der Waals surface area contributed by atoms with Crippen molar-refractivity contribution in [1.29, 1.82) is 0 Å². The Morgan fingerprint density at radius 1 is 1.20 bits per heavy atom. The van der Waals surface area contributed by atoms with Gasteiger partial charge in [-0.25, -0.2) is 4.39 Å². The lowest BCUT2D eigenvalue weighted by molar-refractivity contribution is 0.414. The summed E-state index contributed by atoms with van der Waals surface area (Å²) in [6.45, 7) is 2.00. The highest BCUT2D eigenvalue weighted by Gasteiger charge is 2.13. The topological polar surface area (TPSA) is 21.3 Å². The van der Waals surface area contributed by atoms with Crippen LogP contribution in [0.1, 0.15) is 22.7 Å². The molecule has 0 amide bonds. The Morgan fingerprint density at radius 3 is 2.70 bits per heavy atom. The van der Waals surface area contributed by atoms with Crippen molar-refractivity contribution < 1.29 is 9.13 Å². The molecule has 2 aromatic carbocycles. The average molecular weight is 273 g/mol. The van der Waals surface area contributed by atoms with Crippen LogP contribution in [0.15, 0.2) is 42.5 Å². The van der Waals surface area contributed by atoms with Gasteiger partial charge in [0.1, 0.15) is 11.6 Å². The Hall–Kier alpha value is -1.87. The monoisotopic (exact) mass is 273 g/mol. The van der Waals surface area contributed by atoms with Gasteiger partial charge in [-0.3, -0.25) is 0 Å². The summed E-state index contributed by atoms with van der Waals surface area (Å²) in [5, 5.41) is 3.26. The highest BCUT2D eigenvalue weighted by atomic mass is 19.1. The average Bonchev–Trinajstić information content (AvgIpc) is 2.47. The van der Waals surface area contributed by atoms with E-state index in [0.717, 1.165) is 28.9 Å². The van der Waals surface area contributed by atoms with E-state index in [2.05, 4.69) is 11.4 Å². The molecule has 0 radical (unpaired) electrons. The van der Waals surface area contributed by atoms with Gasteiger partial charge in [-0.1, -0.05) is 18.2 Å². The first-order chi connectivity index (χ1) is 9.63. The second kappa shape index (κ2) is 6.53. The van der Waals surface area contributed by atoms with Crippen molar-refractivity contribution in [3.8, 4) is 5.75 Å². The van der Waals surface area contributed by atoms with Crippen LogP contribution in [-0.4, -0.2) is 14.2 Å². The second-order valence-electron chi connectivity index (χ2n) is 4.90. The van der Waals surface area contributed by atoms with Crippen LogP contribution >= 0.6 is 0 Å². The summed E-state index contributed by atoms with van der Waals surface area (Å²) in [6.07, 6.45) is 0.790. The third-order valence-corrected chi connectivity index (χ3v) is 3.54. The largest absolute Gasteiger partial charge is 0.497 e. The molecule has 106 valence electrons. The molecule has 0 saturated carbocycles. The number of benzene rings is 2. The quantitative estimate of drug-likeness (QED) is 0.898. The molecular formula is C17H20FNO. The van der Waals surface area contributed by atoms with Crippen LogP contribution in [0.2, 0.25) is 0 Å². The van der Waals surface area contributed by atoms with E-state index in [9.17, 15) is 4.39 Å². The van der Waals surface area contributed by atoms with Gasteiger partial charge in [0.2, 0.25) is 0 Å². The molecule has 0 saturated heterocycles. The van der Waals surface area contributed by atoms with Gasteiger partial charge in [0, 0.05) is 6.04 Å². The highest BCUT2D eigenvalue weighted by molar-refractivity contribution is 5.33. The molecule has 2 nitrogen and oxygen atoms in total. The van der Waals surface area contributed by atoms with Crippen LogP contribution in [0.5, 0.6) is 5.75 Å². The highest BCUT2D eigenvalue weighted by Crippen LogP contribution is 2.24. The van der Waals surface area contributed by atoms with Crippen molar-refractivity contribution >= 4 is 0 Å². The predicted molar refractivity (Wildman–Crippen MR) is 79.6 cm³/mol. The van der Waals surface area contributed by atoms with Gasteiger partial charge in [0.25, 0.3) is 0 Å². The summed E-state index contributed by atoms with van der Waals surface area (Å²) < 4.78 is 18.7. The van der Waals surface area contributed by atoms with Gasteiger partial charge < -0.3 is 10.1 Å². The predicted octanol–water partition coefficient (Wildman–Crippen LogP) is 3.65. The molecule has 3 heteroatoms. The number of methoxy groups -OCH3 is 1. The third-order valence-electron chi connectivity index (χ3n) is 3.54. The fraction of sp³-hybridized carbons (Fsp3) is 0.294. The first-order valence-corrected chi connectivity index (χ1v) is 6.70. The Morgan fingerprint density at radius 2 is 2.00 bits per heavy atom. The van der Waals surface area contributed by atoms with Gasteiger partial charge in [-0.2, -0.15) is 0 Å². The van der Waals surface area contributed by atoms with Crippen molar-refractivity contribution in [2.75, 3.05) is 14.2 Å². The summed E-state index contributed by atoms with van der Waals surface area (Å²) in [6, 6.07) is 13.0. The maximum atomic E-state index is 13.5. The molecule has 1 N–H and O–H groups in total. The first kappa shape index (κ1) is 14.5. The Labute approximate surface area is 119 Å². The zero-order valence-corrected chi connectivity index (χ0v) is 12.1. The van der Waals surface area contributed by atoms with Gasteiger partial charge in [0.15, 0.2) is 0 Å². The molecule has 2 rings (SSSR count). The van der Waals surface area contributed by atoms with Crippen LogP contribution < -0.4 is 10.1 Å². The molecule has 2 aromatic rings. The molecule has 0 aromatic heterocycles. The first-order valence-electron chi connectivity index (χ1n) is 6.70. The molecule has 0 heterocycles. The minimum absolute atomic E-state index is 0.0813. The van der Waals surface area contributed by atoms with E-state index in [-0.39, 0.29) is 11.9 Å². The minimum atomic E-state index is -0.198. The van der Waals surface area contributed by atoms with E-state index in [1.165, 1.54) is 6.07 Å². The van der Waals surface area contributed by atoms with Crippen molar-refractivity contribution in [1.82, 2.24) is 5.32 Å². The summed E-state index contributed by atoms with van der Waals surface area (Å²) >= 11 is 0. The van der Waals surface area contributed by atoms with E-state index in [1.807, 2.05) is 38.2 Å². The molecule has 1 atom stereocenters. The van der Waals surface area contributed by atoms with E-state index in [0.29, 0.717) is 0 Å². The van der Waals surface area contributed by atoms with Crippen molar-refractivity contribution in [2.24, 2.45) is 0 Å². The van der Waals surface area contributed by atoms with Gasteiger partial charge in [-0.15, -0.1) is 0 Å². The minimum Gasteiger partial charge on any atom is -0.497 e. The zero-order valence-electron chi connectivity index (χ0n) is 12.1. The van der Waals surface area contributed by atoms with Crippen LogP contribution in [0.25, 0.3) is 0 Å². The van der Waals surface area contributed by atoms with Crippen LogP contribution in [0.4, 0.5) is 4.39 Å². The van der Waals surface area contributed by atoms with Gasteiger partial charge >= 0.3 is 0 Å². The lowest BCUT2D eigenvalue weighted by Gasteiger charge is -2.19. The van der Waals surface area contributed by atoms with Gasteiger partial charge in [-0.05, 0) is 61.3 Å². The summed E-state index contributed by atoms with van der Waals surface area (Å²) in [4.78, 5) is 0. The van der Waals surface area contributed by atoms with Crippen LogP contribution in [0, 0.1) is 12.7 Å². The third kappa shape index (κ3) is 3.36. The number of nitrogens with one attached hydrogen (secondary N) is 1. The standard InChI is InChI=1S/C17H20FNO/c1-12-7-8-14(18)11-16(12)17(19-2)10-13-5-4-6-15(9-13)20-3/h4-9,11,17,19H,10H2,1-3H3. The maximum Gasteiger partial charge on any atom is 0.123 e. The Kier molecular flexibility index (Phi) is 4.74. The lowest BCUT2D eigenvalue weighted by atomic mass is 9.95. The fourth-order valence-corrected chi connectivity index (χ4v) is 2.39. The second-order valence-corrected chi connectivity index (χ2v) is 4.90. The summed E-state index contributed by atoms with van der Waals surface area (Å²) in [5.74, 6) is 0.643. The van der Waals surface area contributed by atoms with Crippen molar-refractivity contribution in [3.63, 3.8) is 0 Å². The number of ether oxygens (including phenoxy) is 1. The zero-order chi connectivity index (χ0) is 14.5. The van der Waals surface area contributed by atoms with E-state index < -0.39 is 0 Å². The maximum absolute atomic E-state index is 13.5. The number of halogens is 1. The van der Waals surface area contributed by atoms with E-state index in [1.54, 1.807) is 13.2 Å². The smallest absolute Gasteiger partial charge is 0.123 e. The summed E-state index contributed by atoms with van der Waals surface area (Å²) in [5.41, 5.74) is 3.25. The van der Waals surface area contributed by atoms with Crippen molar-refractivity contribution in [3.05, 3.63) is 65.0 Å². The lowest BCUT2D eigenvalue weighted by Crippen LogP contribution is -2.20. The number of hydrogen-bond donors (Lipinski definition) is 1. The normalized spacial score (nSPS) is 12.2. The SMILES string of the molecule is CNC(Cc1cccc(OC)c1)c1cc(F)ccc1C. The van der Waals surface area contributed by atoms with Crippen LogP contribution in [0.3, 0.4) is 0 Å². The molecule has 0 aliphatic carbocycles. The number of aryl methyl sites for hydroxylation is 1. The summed E-state index contributed by atoms with van der Waals surface area (Å²) in [7, 11) is 3.56. The molecule has 0 bridgehead atoms. The number of rotatable bonds is 5. The Bertz CT molecular complexity index is 583.